The maximum atomic E-state index is 13.4. The molecule has 0 radical (unpaired) electrons. The zero-order chi connectivity index (χ0) is 13.7. The minimum Gasteiger partial charge on any atom is -0.267 e. The molecule has 1 amide bonds. The highest BCUT2D eigenvalue weighted by Crippen LogP contribution is 2.06. The third-order valence-corrected chi connectivity index (χ3v) is 2.64. The van der Waals surface area contributed by atoms with E-state index in [1.165, 1.54) is 18.2 Å². The summed E-state index contributed by atoms with van der Waals surface area (Å²) < 4.78 is 13.4. The highest BCUT2D eigenvalue weighted by atomic mass is 19.1. The van der Waals surface area contributed by atoms with Gasteiger partial charge in [-0.1, -0.05) is 42.5 Å². The van der Waals surface area contributed by atoms with Crippen LogP contribution in [0.15, 0.2) is 59.7 Å². The van der Waals surface area contributed by atoms with Crippen molar-refractivity contribution in [1.29, 1.82) is 0 Å². The molecule has 0 aliphatic carbocycles. The first-order valence-electron chi connectivity index (χ1n) is 5.83. The summed E-state index contributed by atoms with van der Waals surface area (Å²) in [4.78, 5) is 11.7. The number of nitrogens with zero attached hydrogens (tertiary/aromatic N) is 1. The molecule has 0 spiro atoms. The normalized spacial score (nSPS) is 11.2. The van der Waals surface area contributed by atoms with E-state index in [1.54, 1.807) is 13.0 Å². The molecular formula is C15H13FN2O. The SMILES string of the molecule is C/C(=N\NC(=O)c1ccccc1F)c1ccccc1. The molecule has 2 aromatic rings. The van der Waals surface area contributed by atoms with Crippen molar-refractivity contribution in [3.05, 3.63) is 71.5 Å². The smallest absolute Gasteiger partial charge is 0.267 e. The van der Waals surface area contributed by atoms with Crippen LogP contribution >= 0.6 is 0 Å². The van der Waals surface area contributed by atoms with Crippen molar-refractivity contribution in [1.82, 2.24) is 5.43 Å². The van der Waals surface area contributed by atoms with Gasteiger partial charge in [0.05, 0.1) is 11.3 Å². The number of amides is 1. The van der Waals surface area contributed by atoms with Gasteiger partial charge < -0.3 is 0 Å². The van der Waals surface area contributed by atoms with Crippen molar-refractivity contribution in [2.24, 2.45) is 5.10 Å². The maximum absolute atomic E-state index is 13.4. The summed E-state index contributed by atoms with van der Waals surface area (Å²) in [7, 11) is 0. The molecule has 0 saturated carbocycles. The second kappa shape index (κ2) is 5.91. The van der Waals surface area contributed by atoms with E-state index in [4.69, 9.17) is 0 Å². The zero-order valence-corrected chi connectivity index (χ0v) is 10.4. The maximum Gasteiger partial charge on any atom is 0.274 e. The number of carbonyl (C=O) groups excluding carboxylic acids is 1. The molecule has 2 rings (SSSR count). The molecule has 0 fully saturated rings. The van der Waals surface area contributed by atoms with Gasteiger partial charge in [-0.05, 0) is 24.6 Å². The summed E-state index contributed by atoms with van der Waals surface area (Å²) in [6.45, 7) is 1.77. The van der Waals surface area contributed by atoms with Gasteiger partial charge in [0, 0.05) is 0 Å². The van der Waals surface area contributed by atoms with Crippen LogP contribution in [0.1, 0.15) is 22.8 Å². The molecule has 4 heteroatoms. The summed E-state index contributed by atoms with van der Waals surface area (Å²) in [5.41, 5.74) is 3.88. The van der Waals surface area contributed by atoms with Crippen LogP contribution < -0.4 is 5.43 Å². The van der Waals surface area contributed by atoms with E-state index in [0.29, 0.717) is 5.71 Å². The Morgan fingerprint density at radius 2 is 1.68 bits per heavy atom. The quantitative estimate of drug-likeness (QED) is 0.665. The van der Waals surface area contributed by atoms with Gasteiger partial charge in [0.1, 0.15) is 5.82 Å². The highest BCUT2D eigenvalue weighted by molar-refractivity contribution is 6.00. The predicted molar refractivity (Wildman–Crippen MR) is 72.5 cm³/mol. The molecule has 2 aromatic carbocycles. The van der Waals surface area contributed by atoms with E-state index in [0.717, 1.165) is 5.56 Å². The molecule has 0 heterocycles. The number of hydrogen-bond acceptors (Lipinski definition) is 2. The third-order valence-electron chi connectivity index (χ3n) is 2.64. The van der Waals surface area contributed by atoms with Gasteiger partial charge >= 0.3 is 0 Å². The van der Waals surface area contributed by atoms with Crippen molar-refractivity contribution in [2.45, 2.75) is 6.92 Å². The second-order valence-electron chi connectivity index (χ2n) is 3.98. The largest absolute Gasteiger partial charge is 0.274 e. The molecule has 0 atom stereocenters. The van der Waals surface area contributed by atoms with Crippen LogP contribution in [0, 0.1) is 5.82 Å². The van der Waals surface area contributed by atoms with E-state index < -0.39 is 11.7 Å². The van der Waals surface area contributed by atoms with Crippen molar-refractivity contribution < 1.29 is 9.18 Å². The molecule has 0 bridgehead atoms. The Hall–Kier alpha value is -2.49. The lowest BCUT2D eigenvalue weighted by molar-refractivity contribution is 0.0951. The number of nitrogens with one attached hydrogen (secondary N) is 1. The zero-order valence-electron chi connectivity index (χ0n) is 10.4. The first kappa shape index (κ1) is 13.0. The Bertz CT molecular complexity index is 609. The summed E-state index contributed by atoms with van der Waals surface area (Å²) in [5.74, 6) is -1.12. The second-order valence-corrected chi connectivity index (χ2v) is 3.98. The number of halogens is 1. The summed E-state index contributed by atoms with van der Waals surface area (Å²) >= 11 is 0. The van der Waals surface area contributed by atoms with Crippen LogP contribution in [-0.4, -0.2) is 11.6 Å². The molecule has 0 aromatic heterocycles. The fraction of sp³-hybridized carbons (Fsp3) is 0.0667. The van der Waals surface area contributed by atoms with Crippen molar-refractivity contribution in [3.63, 3.8) is 0 Å². The monoisotopic (exact) mass is 256 g/mol. The summed E-state index contributed by atoms with van der Waals surface area (Å²) in [6.07, 6.45) is 0. The highest BCUT2D eigenvalue weighted by Gasteiger charge is 2.09. The van der Waals surface area contributed by atoms with Crippen molar-refractivity contribution in [3.8, 4) is 0 Å². The molecule has 0 unspecified atom stereocenters. The molecule has 3 nitrogen and oxygen atoms in total. The Labute approximate surface area is 110 Å². The minimum atomic E-state index is -0.562. The molecule has 0 aliphatic heterocycles. The number of hydrogen-bond donors (Lipinski definition) is 1. The number of benzene rings is 2. The van der Waals surface area contributed by atoms with Crippen LogP contribution in [0.4, 0.5) is 4.39 Å². The molecule has 0 saturated heterocycles. The molecule has 96 valence electrons. The fourth-order valence-corrected chi connectivity index (χ4v) is 1.58. The number of rotatable bonds is 3. The molecule has 0 aliphatic rings. The van der Waals surface area contributed by atoms with Crippen LogP contribution in [0.5, 0.6) is 0 Å². The van der Waals surface area contributed by atoms with Gasteiger partial charge in [0.25, 0.3) is 5.91 Å². The van der Waals surface area contributed by atoms with Crippen LogP contribution in [-0.2, 0) is 0 Å². The third kappa shape index (κ3) is 3.25. The Kier molecular flexibility index (Phi) is 4.03. The minimum absolute atomic E-state index is 0.0212. The van der Waals surface area contributed by atoms with Gasteiger partial charge in [0.15, 0.2) is 0 Å². The molecule has 1 N–H and O–H groups in total. The topological polar surface area (TPSA) is 41.5 Å². The van der Waals surface area contributed by atoms with E-state index in [9.17, 15) is 9.18 Å². The summed E-state index contributed by atoms with van der Waals surface area (Å²) in [6, 6.07) is 15.2. The van der Waals surface area contributed by atoms with Crippen LogP contribution in [0.3, 0.4) is 0 Å². The van der Waals surface area contributed by atoms with Gasteiger partial charge in [-0.2, -0.15) is 5.10 Å². The van der Waals surface area contributed by atoms with E-state index in [1.807, 2.05) is 30.3 Å². The lowest BCUT2D eigenvalue weighted by Crippen LogP contribution is -2.20. The van der Waals surface area contributed by atoms with Crippen LogP contribution in [0.2, 0.25) is 0 Å². The Balaban J connectivity index is 2.11. The standard InChI is InChI=1S/C15H13FN2O/c1-11(12-7-3-2-4-8-12)17-18-15(19)13-9-5-6-10-14(13)16/h2-10H,1H3,(H,18,19)/b17-11+. The van der Waals surface area contributed by atoms with E-state index >= 15 is 0 Å². The number of carbonyl (C=O) groups is 1. The van der Waals surface area contributed by atoms with Gasteiger partial charge in [-0.25, -0.2) is 9.82 Å². The van der Waals surface area contributed by atoms with E-state index in [2.05, 4.69) is 10.5 Å². The van der Waals surface area contributed by atoms with Gasteiger partial charge in [0.2, 0.25) is 0 Å². The van der Waals surface area contributed by atoms with Crippen molar-refractivity contribution >= 4 is 11.6 Å². The first-order chi connectivity index (χ1) is 9.18. The van der Waals surface area contributed by atoms with Crippen LogP contribution in [0.25, 0.3) is 0 Å². The Morgan fingerprint density at radius 3 is 2.37 bits per heavy atom. The molecular weight excluding hydrogens is 243 g/mol. The first-order valence-corrected chi connectivity index (χ1v) is 5.83. The van der Waals surface area contributed by atoms with Crippen molar-refractivity contribution in [2.75, 3.05) is 0 Å². The Morgan fingerprint density at radius 1 is 1.05 bits per heavy atom. The lowest BCUT2D eigenvalue weighted by atomic mass is 10.1. The van der Waals surface area contributed by atoms with Gasteiger partial charge in [-0.3, -0.25) is 4.79 Å². The average molecular weight is 256 g/mol. The lowest BCUT2D eigenvalue weighted by Gasteiger charge is -2.03. The number of hydrazone groups is 1. The van der Waals surface area contributed by atoms with E-state index in [-0.39, 0.29) is 5.56 Å². The fourth-order valence-electron chi connectivity index (χ4n) is 1.58. The van der Waals surface area contributed by atoms with Gasteiger partial charge in [-0.15, -0.1) is 0 Å². The summed E-state index contributed by atoms with van der Waals surface area (Å²) in [5, 5.41) is 3.96. The predicted octanol–water partition coefficient (Wildman–Crippen LogP) is 2.98. The average Bonchev–Trinajstić information content (AvgIpc) is 2.46. The molecule has 19 heavy (non-hydrogen) atoms.